The zero-order chi connectivity index (χ0) is 8.27. The number of carbonyl (C=O) groups is 1. The molecule has 0 amide bonds. The lowest BCUT2D eigenvalue weighted by Gasteiger charge is -1.99. The van der Waals surface area contributed by atoms with Gasteiger partial charge in [-0.2, -0.15) is 9.89 Å². The second kappa shape index (κ2) is 3.05. The van der Waals surface area contributed by atoms with Crippen molar-refractivity contribution in [3.8, 4) is 0 Å². The van der Waals surface area contributed by atoms with Crippen LogP contribution in [0.4, 0.5) is 0 Å². The van der Waals surface area contributed by atoms with E-state index < -0.39 is 5.97 Å². The minimum atomic E-state index is -0.451. The summed E-state index contributed by atoms with van der Waals surface area (Å²) in [6.07, 6.45) is 1.44. The fraction of sp³-hybridized carbons (Fsp3) is 0.333. The van der Waals surface area contributed by atoms with Crippen LogP contribution in [-0.2, 0) is 4.74 Å². The number of nitrogens with two attached hydrogens (primary N) is 1. The first-order chi connectivity index (χ1) is 5.25. The zero-order valence-corrected chi connectivity index (χ0v) is 6.15. The van der Waals surface area contributed by atoms with Gasteiger partial charge in [-0.05, 0) is 13.0 Å². The number of ether oxygens (including phenoxy) is 1. The molecule has 5 nitrogen and oxygen atoms in total. The molecule has 1 aromatic rings. The van der Waals surface area contributed by atoms with E-state index in [0.29, 0.717) is 6.61 Å². The van der Waals surface area contributed by atoms with Crippen LogP contribution in [-0.4, -0.2) is 22.5 Å². The standard InChI is InChI=1S/C6H9N3O2/c1-2-11-6(10)5-3-4-8-9(5)7/h3-4H,2,7H2,1H3. The predicted molar refractivity (Wildman–Crippen MR) is 38.3 cm³/mol. The van der Waals surface area contributed by atoms with Crippen molar-refractivity contribution in [3.63, 3.8) is 0 Å². The fourth-order valence-corrected chi connectivity index (χ4v) is 0.681. The molecule has 0 fully saturated rings. The van der Waals surface area contributed by atoms with Crippen molar-refractivity contribution < 1.29 is 9.53 Å². The SMILES string of the molecule is CCOC(=O)c1ccnn1N. The van der Waals surface area contributed by atoms with Crippen LogP contribution in [0, 0.1) is 0 Å². The van der Waals surface area contributed by atoms with Gasteiger partial charge < -0.3 is 10.6 Å². The molecule has 5 heteroatoms. The average Bonchev–Trinajstić information content (AvgIpc) is 2.36. The Labute approximate surface area is 63.7 Å². The molecular formula is C6H9N3O2. The Morgan fingerprint density at radius 2 is 2.64 bits per heavy atom. The predicted octanol–water partition coefficient (Wildman–Crippen LogP) is -0.226. The molecule has 0 aliphatic heterocycles. The number of hydrogen-bond donors (Lipinski definition) is 1. The van der Waals surface area contributed by atoms with Crippen molar-refractivity contribution in [2.45, 2.75) is 6.92 Å². The Balaban J connectivity index is 2.76. The molecule has 1 aromatic heterocycles. The molecule has 0 saturated heterocycles. The third-order valence-electron chi connectivity index (χ3n) is 1.15. The number of nitrogens with zero attached hydrogens (tertiary/aromatic N) is 2. The van der Waals surface area contributed by atoms with Crippen molar-refractivity contribution in [2.75, 3.05) is 12.4 Å². The Morgan fingerprint density at radius 3 is 3.09 bits per heavy atom. The van der Waals surface area contributed by atoms with Crippen LogP contribution >= 0.6 is 0 Å². The van der Waals surface area contributed by atoms with Crippen LogP contribution in [0.1, 0.15) is 17.4 Å². The molecule has 0 unspecified atom stereocenters. The van der Waals surface area contributed by atoms with E-state index in [1.807, 2.05) is 0 Å². The maximum absolute atomic E-state index is 11.0. The zero-order valence-electron chi connectivity index (χ0n) is 6.15. The quantitative estimate of drug-likeness (QED) is 0.473. The normalized spacial score (nSPS) is 9.55. The highest BCUT2D eigenvalue weighted by Gasteiger charge is 2.10. The van der Waals surface area contributed by atoms with Crippen LogP contribution in [0.5, 0.6) is 0 Å². The van der Waals surface area contributed by atoms with Gasteiger partial charge in [0.25, 0.3) is 0 Å². The van der Waals surface area contributed by atoms with Crippen molar-refractivity contribution in [1.82, 2.24) is 9.89 Å². The molecule has 0 aliphatic rings. The van der Waals surface area contributed by atoms with E-state index in [2.05, 4.69) is 9.84 Å². The molecule has 0 radical (unpaired) electrons. The van der Waals surface area contributed by atoms with Gasteiger partial charge >= 0.3 is 5.97 Å². The third-order valence-corrected chi connectivity index (χ3v) is 1.15. The van der Waals surface area contributed by atoms with Gasteiger partial charge in [0.1, 0.15) is 0 Å². The third kappa shape index (κ3) is 1.49. The second-order valence-corrected chi connectivity index (χ2v) is 1.88. The summed E-state index contributed by atoms with van der Waals surface area (Å²) >= 11 is 0. The van der Waals surface area contributed by atoms with Gasteiger partial charge in [0, 0.05) is 0 Å². The summed E-state index contributed by atoms with van der Waals surface area (Å²) in [7, 11) is 0. The van der Waals surface area contributed by atoms with E-state index in [1.54, 1.807) is 6.92 Å². The van der Waals surface area contributed by atoms with Crippen LogP contribution in [0.15, 0.2) is 12.3 Å². The highest BCUT2D eigenvalue weighted by atomic mass is 16.5. The topological polar surface area (TPSA) is 70.1 Å². The highest BCUT2D eigenvalue weighted by molar-refractivity contribution is 5.87. The largest absolute Gasteiger partial charge is 0.461 e. The first kappa shape index (κ1) is 7.59. The first-order valence-corrected chi connectivity index (χ1v) is 3.22. The van der Waals surface area contributed by atoms with Gasteiger partial charge in [0.05, 0.1) is 12.8 Å². The number of esters is 1. The van der Waals surface area contributed by atoms with Crippen molar-refractivity contribution >= 4 is 5.97 Å². The summed E-state index contributed by atoms with van der Waals surface area (Å²) < 4.78 is 4.69. The summed E-state index contributed by atoms with van der Waals surface area (Å²) in [5, 5.41) is 3.61. The highest BCUT2D eigenvalue weighted by Crippen LogP contribution is 1.96. The Hall–Kier alpha value is -1.52. The molecule has 0 bridgehead atoms. The maximum atomic E-state index is 11.0. The number of rotatable bonds is 2. The summed E-state index contributed by atoms with van der Waals surface area (Å²) in [4.78, 5) is 11.9. The number of carbonyl (C=O) groups excluding carboxylic acids is 1. The van der Waals surface area contributed by atoms with Gasteiger partial charge in [0.2, 0.25) is 0 Å². The Morgan fingerprint density at radius 1 is 1.91 bits per heavy atom. The molecule has 0 atom stereocenters. The maximum Gasteiger partial charge on any atom is 0.358 e. The van der Waals surface area contributed by atoms with Gasteiger partial charge in [-0.3, -0.25) is 0 Å². The molecule has 2 N–H and O–H groups in total. The summed E-state index contributed by atoms with van der Waals surface area (Å²) in [6.45, 7) is 2.07. The molecule has 60 valence electrons. The lowest BCUT2D eigenvalue weighted by Crippen LogP contribution is -2.19. The second-order valence-electron chi connectivity index (χ2n) is 1.88. The number of nitrogen functional groups attached to an aromatic ring is 1. The van der Waals surface area contributed by atoms with Gasteiger partial charge in [-0.15, -0.1) is 0 Å². The summed E-state index contributed by atoms with van der Waals surface area (Å²) in [5.74, 6) is 4.83. The van der Waals surface area contributed by atoms with Crippen molar-refractivity contribution in [1.29, 1.82) is 0 Å². The van der Waals surface area contributed by atoms with Gasteiger partial charge in [-0.1, -0.05) is 0 Å². The van der Waals surface area contributed by atoms with E-state index in [9.17, 15) is 4.79 Å². The van der Waals surface area contributed by atoms with E-state index in [0.717, 1.165) is 4.79 Å². The van der Waals surface area contributed by atoms with Crippen LogP contribution in [0.25, 0.3) is 0 Å². The van der Waals surface area contributed by atoms with Crippen molar-refractivity contribution in [3.05, 3.63) is 18.0 Å². The molecular weight excluding hydrogens is 146 g/mol. The number of aromatic nitrogens is 2. The molecule has 11 heavy (non-hydrogen) atoms. The van der Waals surface area contributed by atoms with Gasteiger partial charge in [-0.25, -0.2) is 4.79 Å². The molecule has 0 saturated carbocycles. The van der Waals surface area contributed by atoms with E-state index in [4.69, 9.17) is 5.84 Å². The minimum absolute atomic E-state index is 0.256. The minimum Gasteiger partial charge on any atom is -0.461 e. The van der Waals surface area contributed by atoms with E-state index >= 15 is 0 Å². The van der Waals surface area contributed by atoms with E-state index in [1.165, 1.54) is 12.3 Å². The molecule has 1 heterocycles. The molecule has 0 aromatic carbocycles. The smallest absolute Gasteiger partial charge is 0.358 e. The van der Waals surface area contributed by atoms with Gasteiger partial charge in [0.15, 0.2) is 5.69 Å². The average molecular weight is 155 g/mol. The Bertz CT molecular complexity index is 256. The number of hydrogen-bond acceptors (Lipinski definition) is 4. The molecule has 0 spiro atoms. The van der Waals surface area contributed by atoms with E-state index in [-0.39, 0.29) is 5.69 Å². The van der Waals surface area contributed by atoms with Crippen molar-refractivity contribution in [2.24, 2.45) is 0 Å². The monoisotopic (exact) mass is 155 g/mol. The molecule has 1 rings (SSSR count). The summed E-state index contributed by atoms with van der Waals surface area (Å²) in [5.41, 5.74) is 0.256. The molecule has 0 aliphatic carbocycles. The lowest BCUT2D eigenvalue weighted by atomic mass is 10.4. The lowest BCUT2D eigenvalue weighted by molar-refractivity contribution is 0.0515. The first-order valence-electron chi connectivity index (χ1n) is 3.22. The fourth-order valence-electron chi connectivity index (χ4n) is 0.681. The summed E-state index contributed by atoms with van der Waals surface area (Å²) in [6, 6.07) is 1.50. The van der Waals surface area contributed by atoms with Crippen LogP contribution in [0.3, 0.4) is 0 Å². The Kier molecular flexibility index (Phi) is 2.10. The van der Waals surface area contributed by atoms with Crippen LogP contribution < -0.4 is 5.84 Å². The van der Waals surface area contributed by atoms with Crippen LogP contribution in [0.2, 0.25) is 0 Å².